The van der Waals surface area contributed by atoms with Gasteiger partial charge in [0.1, 0.15) is 0 Å². The van der Waals surface area contributed by atoms with Crippen LogP contribution >= 0.6 is 0 Å². The predicted octanol–water partition coefficient (Wildman–Crippen LogP) is 1.88. The van der Waals surface area contributed by atoms with E-state index >= 15 is 0 Å². The summed E-state index contributed by atoms with van der Waals surface area (Å²) in [5.41, 5.74) is 0.0540. The standard InChI is InChI=1S/C10H21NO2/c1-5-6-10(3,4)11-7-8(2)9(12)13/h8,11H,5-7H2,1-4H3,(H,12,13). The number of aliphatic carboxylic acids is 1. The molecule has 0 aromatic heterocycles. The average Bonchev–Trinajstić information content (AvgIpc) is 2.00. The number of carboxylic acids is 1. The molecular weight excluding hydrogens is 166 g/mol. The summed E-state index contributed by atoms with van der Waals surface area (Å²) in [4.78, 5) is 10.5. The molecule has 0 fully saturated rings. The number of nitrogens with one attached hydrogen (secondary N) is 1. The van der Waals surface area contributed by atoms with Crippen molar-refractivity contribution in [2.75, 3.05) is 6.54 Å². The van der Waals surface area contributed by atoms with Crippen LogP contribution in [0.2, 0.25) is 0 Å². The number of hydrogen-bond donors (Lipinski definition) is 2. The Kier molecular flexibility index (Phi) is 4.99. The van der Waals surface area contributed by atoms with Gasteiger partial charge in [-0.15, -0.1) is 0 Å². The van der Waals surface area contributed by atoms with Crippen LogP contribution in [0, 0.1) is 5.92 Å². The smallest absolute Gasteiger partial charge is 0.307 e. The van der Waals surface area contributed by atoms with Crippen molar-refractivity contribution in [3.8, 4) is 0 Å². The summed E-state index contributed by atoms with van der Waals surface area (Å²) in [6.45, 7) is 8.60. The summed E-state index contributed by atoms with van der Waals surface area (Å²) in [5, 5.41) is 11.9. The molecule has 3 heteroatoms. The Balaban J connectivity index is 3.80. The van der Waals surface area contributed by atoms with E-state index in [9.17, 15) is 4.79 Å². The second kappa shape index (κ2) is 5.22. The van der Waals surface area contributed by atoms with E-state index < -0.39 is 5.97 Å². The van der Waals surface area contributed by atoms with Crippen molar-refractivity contribution < 1.29 is 9.90 Å². The van der Waals surface area contributed by atoms with Crippen LogP contribution in [0.25, 0.3) is 0 Å². The molecule has 0 aliphatic heterocycles. The second-order valence-corrected chi connectivity index (χ2v) is 4.25. The minimum Gasteiger partial charge on any atom is -0.481 e. The zero-order valence-corrected chi connectivity index (χ0v) is 9.05. The Hall–Kier alpha value is -0.570. The lowest BCUT2D eigenvalue weighted by Crippen LogP contribution is -2.42. The Morgan fingerprint density at radius 3 is 2.46 bits per heavy atom. The molecule has 0 spiro atoms. The molecule has 0 radical (unpaired) electrons. The van der Waals surface area contributed by atoms with Gasteiger partial charge < -0.3 is 10.4 Å². The van der Waals surface area contributed by atoms with Gasteiger partial charge >= 0.3 is 5.97 Å². The van der Waals surface area contributed by atoms with E-state index in [0.29, 0.717) is 6.54 Å². The number of carboxylic acid groups (broad SMARTS) is 1. The van der Waals surface area contributed by atoms with Gasteiger partial charge in [0.25, 0.3) is 0 Å². The summed E-state index contributed by atoms with van der Waals surface area (Å²) in [6.07, 6.45) is 2.18. The Morgan fingerprint density at radius 1 is 1.54 bits per heavy atom. The summed E-state index contributed by atoms with van der Waals surface area (Å²) in [7, 11) is 0. The Morgan fingerprint density at radius 2 is 2.08 bits per heavy atom. The van der Waals surface area contributed by atoms with Crippen molar-refractivity contribution in [3.63, 3.8) is 0 Å². The van der Waals surface area contributed by atoms with Crippen LogP contribution in [0.5, 0.6) is 0 Å². The predicted molar refractivity (Wildman–Crippen MR) is 53.8 cm³/mol. The molecule has 0 saturated carbocycles. The first kappa shape index (κ1) is 12.4. The van der Waals surface area contributed by atoms with Gasteiger partial charge in [-0.2, -0.15) is 0 Å². The summed E-state index contributed by atoms with van der Waals surface area (Å²) < 4.78 is 0. The molecule has 1 unspecified atom stereocenters. The molecule has 78 valence electrons. The van der Waals surface area contributed by atoms with Gasteiger partial charge in [0.15, 0.2) is 0 Å². The van der Waals surface area contributed by atoms with E-state index in [0.717, 1.165) is 12.8 Å². The van der Waals surface area contributed by atoms with Gasteiger partial charge in [-0.3, -0.25) is 4.79 Å². The fraction of sp³-hybridized carbons (Fsp3) is 0.900. The lowest BCUT2D eigenvalue weighted by atomic mass is 9.98. The van der Waals surface area contributed by atoms with Crippen molar-refractivity contribution in [1.82, 2.24) is 5.32 Å². The van der Waals surface area contributed by atoms with Gasteiger partial charge in [-0.1, -0.05) is 20.3 Å². The van der Waals surface area contributed by atoms with Crippen LogP contribution in [0.15, 0.2) is 0 Å². The van der Waals surface area contributed by atoms with Gasteiger partial charge in [-0.05, 0) is 20.3 Å². The van der Waals surface area contributed by atoms with Crippen LogP contribution < -0.4 is 5.32 Å². The highest BCUT2D eigenvalue weighted by atomic mass is 16.4. The SMILES string of the molecule is CCCC(C)(C)NCC(C)C(=O)O. The normalized spacial score (nSPS) is 14.2. The van der Waals surface area contributed by atoms with Gasteiger partial charge in [-0.25, -0.2) is 0 Å². The molecule has 1 atom stereocenters. The molecule has 0 aromatic rings. The van der Waals surface area contributed by atoms with Gasteiger partial charge in [0, 0.05) is 12.1 Å². The van der Waals surface area contributed by atoms with Crippen molar-refractivity contribution >= 4 is 5.97 Å². The third kappa shape index (κ3) is 5.64. The average molecular weight is 187 g/mol. The van der Waals surface area contributed by atoms with Gasteiger partial charge in [0.2, 0.25) is 0 Å². The van der Waals surface area contributed by atoms with Crippen LogP contribution in [-0.4, -0.2) is 23.2 Å². The van der Waals surface area contributed by atoms with E-state index in [1.807, 2.05) is 0 Å². The lowest BCUT2D eigenvalue weighted by molar-refractivity contribution is -0.141. The van der Waals surface area contributed by atoms with Crippen LogP contribution in [0.3, 0.4) is 0 Å². The first-order valence-corrected chi connectivity index (χ1v) is 4.87. The fourth-order valence-electron chi connectivity index (χ4n) is 1.23. The number of rotatable bonds is 6. The fourth-order valence-corrected chi connectivity index (χ4v) is 1.23. The molecule has 0 rings (SSSR count). The number of carbonyl (C=O) groups is 1. The molecule has 0 amide bonds. The molecule has 0 saturated heterocycles. The highest BCUT2D eigenvalue weighted by Crippen LogP contribution is 2.11. The molecule has 0 aliphatic carbocycles. The van der Waals surface area contributed by atoms with Gasteiger partial charge in [0.05, 0.1) is 5.92 Å². The highest BCUT2D eigenvalue weighted by molar-refractivity contribution is 5.69. The number of hydrogen-bond acceptors (Lipinski definition) is 2. The molecule has 0 aliphatic rings. The quantitative estimate of drug-likeness (QED) is 0.667. The molecule has 2 N–H and O–H groups in total. The van der Waals surface area contributed by atoms with Crippen molar-refractivity contribution in [2.24, 2.45) is 5.92 Å². The minimum absolute atomic E-state index is 0.0540. The summed E-state index contributed by atoms with van der Waals surface area (Å²) >= 11 is 0. The third-order valence-electron chi connectivity index (χ3n) is 2.18. The zero-order chi connectivity index (χ0) is 10.5. The monoisotopic (exact) mass is 187 g/mol. The largest absolute Gasteiger partial charge is 0.481 e. The Labute approximate surface area is 80.5 Å². The van der Waals surface area contributed by atoms with Crippen LogP contribution in [0.1, 0.15) is 40.5 Å². The molecule has 0 bridgehead atoms. The maximum Gasteiger partial charge on any atom is 0.307 e. The third-order valence-corrected chi connectivity index (χ3v) is 2.18. The summed E-state index contributed by atoms with van der Waals surface area (Å²) in [6, 6.07) is 0. The maximum absolute atomic E-state index is 10.5. The second-order valence-electron chi connectivity index (χ2n) is 4.25. The molecule has 3 nitrogen and oxygen atoms in total. The molecule has 0 aromatic carbocycles. The van der Waals surface area contributed by atoms with Crippen LogP contribution in [0.4, 0.5) is 0 Å². The van der Waals surface area contributed by atoms with Crippen molar-refractivity contribution in [1.29, 1.82) is 0 Å². The van der Waals surface area contributed by atoms with Crippen molar-refractivity contribution in [2.45, 2.75) is 46.1 Å². The van der Waals surface area contributed by atoms with E-state index in [1.165, 1.54) is 0 Å². The van der Waals surface area contributed by atoms with Crippen LogP contribution in [-0.2, 0) is 4.79 Å². The summed E-state index contributed by atoms with van der Waals surface area (Å²) in [5.74, 6) is -1.05. The lowest BCUT2D eigenvalue weighted by Gasteiger charge is -2.26. The van der Waals surface area contributed by atoms with E-state index in [1.54, 1.807) is 6.92 Å². The Bertz CT molecular complexity index is 166. The van der Waals surface area contributed by atoms with E-state index in [4.69, 9.17) is 5.11 Å². The minimum atomic E-state index is -0.736. The molecule has 13 heavy (non-hydrogen) atoms. The topological polar surface area (TPSA) is 49.3 Å². The maximum atomic E-state index is 10.5. The molecular formula is C10H21NO2. The van der Waals surface area contributed by atoms with E-state index in [-0.39, 0.29) is 11.5 Å². The van der Waals surface area contributed by atoms with E-state index in [2.05, 4.69) is 26.1 Å². The first-order valence-electron chi connectivity index (χ1n) is 4.87. The van der Waals surface area contributed by atoms with Crippen molar-refractivity contribution in [3.05, 3.63) is 0 Å². The molecule has 0 heterocycles. The first-order chi connectivity index (χ1) is 5.89. The highest BCUT2D eigenvalue weighted by Gasteiger charge is 2.18. The zero-order valence-electron chi connectivity index (χ0n) is 9.05.